The highest BCUT2D eigenvalue weighted by Crippen LogP contribution is 2.35. The van der Waals surface area contributed by atoms with Gasteiger partial charge in [0.1, 0.15) is 6.17 Å². The number of amides is 1. The zero-order valence-electron chi connectivity index (χ0n) is 21.5. The molecule has 0 spiro atoms. The van der Waals surface area contributed by atoms with Gasteiger partial charge in [-0.3, -0.25) is 9.69 Å². The Kier molecular flexibility index (Phi) is 6.97. The molecule has 39 heavy (non-hydrogen) atoms. The van der Waals surface area contributed by atoms with E-state index in [2.05, 4.69) is 44.9 Å². The molecule has 8 heteroatoms. The van der Waals surface area contributed by atoms with Gasteiger partial charge >= 0.3 is 0 Å². The third kappa shape index (κ3) is 5.09. The van der Waals surface area contributed by atoms with Crippen molar-refractivity contribution in [3.8, 4) is 6.07 Å². The Morgan fingerprint density at radius 3 is 2.59 bits per heavy atom. The van der Waals surface area contributed by atoms with Crippen LogP contribution in [0.1, 0.15) is 16.7 Å². The fraction of sp³-hybridized carbons (Fsp3) is 0.226. The minimum atomic E-state index is -0.0230. The second-order valence-electron chi connectivity index (χ2n) is 9.90. The van der Waals surface area contributed by atoms with Gasteiger partial charge in [-0.25, -0.2) is 0 Å². The molecule has 1 saturated heterocycles. The van der Waals surface area contributed by atoms with E-state index in [0.717, 1.165) is 53.3 Å². The number of carbonyl (C=O) groups is 1. The molecule has 2 aromatic carbocycles. The first-order valence-electron chi connectivity index (χ1n) is 13.2. The lowest BCUT2D eigenvalue weighted by atomic mass is 9.99. The van der Waals surface area contributed by atoms with Crippen LogP contribution < -0.4 is 10.6 Å². The Morgan fingerprint density at radius 1 is 1.05 bits per heavy atom. The Labute approximate surface area is 233 Å². The van der Waals surface area contributed by atoms with Gasteiger partial charge in [0.25, 0.3) is 5.91 Å². The van der Waals surface area contributed by atoms with E-state index in [1.165, 1.54) is 0 Å². The number of halogens is 1. The van der Waals surface area contributed by atoms with Crippen LogP contribution >= 0.6 is 11.6 Å². The Hall–Kier alpha value is -4.25. The molecule has 2 aromatic rings. The molecule has 196 valence electrons. The third-order valence-electron chi connectivity index (χ3n) is 7.52. The smallest absolute Gasteiger partial charge is 0.253 e. The van der Waals surface area contributed by atoms with Gasteiger partial charge in [-0.05, 0) is 47.7 Å². The maximum Gasteiger partial charge on any atom is 0.253 e. The molecule has 2 N–H and O–H groups in total. The quantitative estimate of drug-likeness (QED) is 0.603. The number of benzene rings is 2. The van der Waals surface area contributed by atoms with Crippen LogP contribution in [0.25, 0.3) is 11.3 Å². The van der Waals surface area contributed by atoms with Crippen LogP contribution in [0, 0.1) is 11.3 Å². The van der Waals surface area contributed by atoms with E-state index in [1.807, 2.05) is 71.8 Å². The molecule has 0 aromatic heterocycles. The largest absolute Gasteiger partial charge is 0.387 e. The molecule has 6 rings (SSSR count). The zero-order chi connectivity index (χ0) is 26.8. The fourth-order valence-electron chi connectivity index (χ4n) is 5.42. The number of dihydropyridines is 1. The minimum absolute atomic E-state index is 0.0230. The summed E-state index contributed by atoms with van der Waals surface area (Å²) in [5.41, 5.74) is 6.62. The number of hydrogen-bond acceptors (Lipinski definition) is 6. The number of nitriles is 1. The van der Waals surface area contributed by atoms with Crippen LogP contribution in [-0.4, -0.2) is 66.0 Å². The Bertz CT molecular complexity index is 1470. The Balaban J connectivity index is 1.26. The van der Waals surface area contributed by atoms with E-state index in [9.17, 15) is 10.1 Å². The molecule has 1 unspecified atom stereocenters. The molecule has 4 heterocycles. The molecule has 0 radical (unpaired) electrons. The van der Waals surface area contributed by atoms with Gasteiger partial charge < -0.3 is 20.4 Å². The van der Waals surface area contributed by atoms with Crippen LogP contribution in [0.2, 0.25) is 5.02 Å². The van der Waals surface area contributed by atoms with Crippen LogP contribution in [0.5, 0.6) is 0 Å². The summed E-state index contributed by atoms with van der Waals surface area (Å²) in [6.07, 6.45) is 12.0. The van der Waals surface area contributed by atoms with Crippen molar-refractivity contribution in [3.05, 3.63) is 118 Å². The lowest BCUT2D eigenvalue weighted by Crippen LogP contribution is -2.50. The highest BCUT2D eigenvalue weighted by molar-refractivity contribution is 6.30. The number of allylic oxidation sites excluding steroid dienone is 2. The van der Waals surface area contributed by atoms with Crippen molar-refractivity contribution in [2.24, 2.45) is 0 Å². The van der Waals surface area contributed by atoms with Crippen molar-refractivity contribution < 1.29 is 4.79 Å². The molecule has 1 amide bonds. The van der Waals surface area contributed by atoms with E-state index in [-0.39, 0.29) is 12.1 Å². The summed E-state index contributed by atoms with van der Waals surface area (Å²) in [7, 11) is 0. The molecule has 0 bridgehead atoms. The van der Waals surface area contributed by atoms with Crippen molar-refractivity contribution in [3.63, 3.8) is 0 Å². The van der Waals surface area contributed by atoms with Crippen molar-refractivity contribution in [2.45, 2.75) is 6.17 Å². The lowest BCUT2D eigenvalue weighted by molar-refractivity contribution is -0.128. The van der Waals surface area contributed by atoms with Crippen LogP contribution in [-0.2, 0) is 4.79 Å². The maximum atomic E-state index is 13.0. The summed E-state index contributed by atoms with van der Waals surface area (Å²) >= 11 is 6.20. The van der Waals surface area contributed by atoms with Gasteiger partial charge in [0.05, 0.1) is 23.0 Å². The molecule has 4 aliphatic heterocycles. The van der Waals surface area contributed by atoms with Gasteiger partial charge in [-0.15, -0.1) is 0 Å². The van der Waals surface area contributed by atoms with Crippen molar-refractivity contribution in [1.82, 2.24) is 25.3 Å². The predicted molar refractivity (Wildman–Crippen MR) is 154 cm³/mol. The summed E-state index contributed by atoms with van der Waals surface area (Å²) in [5.74, 6) is 0.0981. The van der Waals surface area contributed by atoms with Crippen LogP contribution in [0.15, 0.2) is 96.5 Å². The normalized spacial score (nSPS) is 20.6. The first-order chi connectivity index (χ1) is 19.1. The monoisotopic (exact) mass is 536 g/mol. The minimum Gasteiger partial charge on any atom is -0.387 e. The second-order valence-corrected chi connectivity index (χ2v) is 10.3. The summed E-state index contributed by atoms with van der Waals surface area (Å²) in [4.78, 5) is 19.6. The predicted octanol–water partition coefficient (Wildman–Crippen LogP) is 3.91. The zero-order valence-corrected chi connectivity index (χ0v) is 22.2. The lowest BCUT2D eigenvalue weighted by Gasteiger charge is -2.37. The van der Waals surface area contributed by atoms with Crippen molar-refractivity contribution in [1.29, 1.82) is 5.26 Å². The molecule has 1 atom stereocenters. The summed E-state index contributed by atoms with van der Waals surface area (Å²) in [5, 5.41) is 17.2. The van der Waals surface area contributed by atoms with E-state index in [0.29, 0.717) is 30.2 Å². The second kappa shape index (κ2) is 10.9. The van der Waals surface area contributed by atoms with E-state index >= 15 is 0 Å². The highest BCUT2D eigenvalue weighted by atomic mass is 35.5. The summed E-state index contributed by atoms with van der Waals surface area (Å²) in [6, 6.07) is 17.9. The molecule has 4 aliphatic rings. The molecular weight excluding hydrogens is 508 g/mol. The average molecular weight is 537 g/mol. The number of fused-ring (bicyclic) bond motifs is 1. The number of rotatable bonds is 5. The molecular formula is C31H29ClN6O. The molecule has 1 fully saturated rings. The van der Waals surface area contributed by atoms with Gasteiger partial charge in [-0.1, -0.05) is 54.1 Å². The third-order valence-corrected chi connectivity index (χ3v) is 7.77. The van der Waals surface area contributed by atoms with Gasteiger partial charge in [0, 0.05) is 61.6 Å². The van der Waals surface area contributed by atoms with Crippen LogP contribution in [0.3, 0.4) is 0 Å². The number of nitrogens with zero attached hydrogens (tertiary/aromatic N) is 4. The fourth-order valence-corrected chi connectivity index (χ4v) is 5.55. The number of nitrogens with one attached hydrogen (secondary N) is 2. The van der Waals surface area contributed by atoms with E-state index in [1.54, 1.807) is 0 Å². The highest BCUT2D eigenvalue weighted by Gasteiger charge is 2.33. The van der Waals surface area contributed by atoms with Gasteiger partial charge in [0.15, 0.2) is 0 Å². The van der Waals surface area contributed by atoms with E-state index < -0.39 is 0 Å². The standard InChI is InChI=1S/C31H29ClN6O/c32-26-8-5-22(6-9-26)30-28(21-36-15-17-37(18-16-36)31(39)23-11-13-34-14-12-23)38-20-25(7-10-29(38)35-30)27-4-2-1-3-24(27)19-33/h1-13,20,29,34-35H,14-18,21H2. The van der Waals surface area contributed by atoms with Crippen molar-refractivity contribution in [2.75, 3.05) is 39.3 Å². The van der Waals surface area contributed by atoms with Gasteiger partial charge in [-0.2, -0.15) is 5.26 Å². The van der Waals surface area contributed by atoms with Crippen LogP contribution in [0.4, 0.5) is 0 Å². The molecule has 0 aliphatic carbocycles. The number of hydrogen-bond donors (Lipinski definition) is 2. The number of piperazine rings is 1. The summed E-state index contributed by atoms with van der Waals surface area (Å²) < 4.78 is 0. The van der Waals surface area contributed by atoms with Gasteiger partial charge in [0.2, 0.25) is 0 Å². The average Bonchev–Trinajstić information content (AvgIpc) is 3.35. The first kappa shape index (κ1) is 25.1. The maximum absolute atomic E-state index is 13.0. The summed E-state index contributed by atoms with van der Waals surface area (Å²) in [6.45, 7) is 4.38. The number of carbonyl (C=O) groups excluding carboxylic acids is 1. The SMILES string of the molecule is N#Cc1ccccc1C1=CN2C(CN3CCN(C(=O)C4=CCNC=C4)CC3)=C(c3ccc(Cl)cc3)NC2C=C1. The van der Waals surface area contributed by atoms with Crippen molar-refractivity contribution >= 4 is 28.8 Å². The topological polar surface area (TPSA) is 74.6 Å². The Morgan fingerprint density at radius 2 is 1.85 bits per heavy atom. The molecule has 0 saturated carbocycles. The molecule has 7 nitrogen and oxygen atoms in total. The first-order valence-corrected chi connectivity index (χ1v) is 13.5. The van der Waals surface area contributed by atoms with E-state index in [4.69, 9.17) is 11.6 Å².